The molecule has 2 aromatic rings. The quantitative estimate of drug-likeness (QED) is 0.463. The van der Waals surface area contributed by atoms with E-state index in [4.69, 9.17) is 6.42 Å². The number of halogens is 6. The topological polar surface area (TPSA) is 28.7 Å². The van der Waals surface area contributed by atoms with Crippen molar-refractivity contribution in [3.8, 4) is 23.7 Å². The molecule has 152 valence electrons. The molecule has 1 N–H and O–H groups in total. The number of aromatic nitrogens is 2. The lowest BCUT2D eigenvalue weighted by atomic mass is 9.70. The van der Waals surface area contributed by atoms with Crippen molar-refractivity contribution in [2.24, 2.45) is 5.41 Å². The van der Waals surface area contributed by atoms with Crippen LogP contribution in [-0.2, 0) is 17.8 Å². The third-order valence-corrected chi connectivity index (χ3v) is 4.44. The van der Waals surface area contributed by atoms with Crippen molar-refractivity contribution in [1.29, 1.82) is 0 Å². The van der Waals surface area contributed by atoms with E-state index in [1.54, 1.807) is 13.8 Å². The SMILES string of the molecule is C#CC(C)(C)CC(C)(C)c1c(C(F)(F)F)[nH]c(-c2ccccn2)c1C(F)(F)F. The van der Waals surface area contributed by atoms with Gasteiger partial charge in [0.2, 0.25) is 0 Å². The van der Waals surface area contributed by atoms with Gasteiger partial charge in [0.15, 0.2) is 0 Å². The third kappa shape index (κ3) is 4.34. The molecule has 0 amide bonds. The second-order valence-corrected chi connectivity index (χ2v) is 7.92. The minimum absolute atomic E-state index is 0.0812. The number of nitrogens with one attached hydrogen (secondary N) is 1. The first kappa shape index (κ1) is 21.9. The number of nitrogens with zero attached hydrogens (tertiary/aromatic N) is 1. The molecular weight excluding hydrogens is 382 g/mol. The number of hydrogen-bond donors (Lipinski definition) is 1. The van der Waals surface area contributed by atoms with Crippen molar-refractivity contribution in [1.82, 2.24) is 9.97 Å². The average Bonchev–Trinajstić information content (AvgIpc) is 2.97. The van der Waals surface area contributed by atoms with Crippen LogP contribution in [-0.4, -0.2) is 9.97 Å². The average molecular weight is 402 g/mol. The summed E-state index contributed by atoms with van der Waals surface area (Å²) in [5.74, 6) is 2.44. The zero-order chi connectivity index (χ0) is 21.5. The summed E-state index contributed by atoms with van der Waals surface area (Å²) < 4.78 is 83.2. The number of alkyl halides is 6. The van der Waals surface area contributed by atoms with E-state index in [2.05, 4.69) is 10.9 Å². The molecule has 0 atom stereocenters. The first-order chi connectivity index (χ1) is 12.6. The van der Waals surface area contributed by atoms with Gasteiger partial charge in [-0.05, 0) is 37.8 Å². The van der Waals surface area contributed by atoms with Crippen LogP contribution in [0.2, 0.25) is 0 Å². The van der Waals surface area contributed by atoms with E-state index in [0.29, 0.717) is 0 Å². The van der Waals surface area contributed by atoms with Gasteiger partial charge >= 0.3 is 12.4 Å². The van der Waals surface area contributed by atoms with Crippen LogP contribution in [0.15, 0.2) is 24.4 Å². The van der Waals surface area contributed by atoms with Crippen LogP contribution >= 0.6 is 0 Å². The van der Waals surface area contributed by atoms with Gasteiger partial charge in [-0.3, -0.25) is 4.98 Å². The zero-order valence-corrected chi connectivity index (χ0v) is 15.8. The lowest BCUT2D eigenvalue weighted by molar-refractivity contribution is -0.144. The molecule has 2 rings (SSSR count). The van der Waals surface area contributed by atoms with E-state index >= 15 is 0 Å². The molecular formula is C20H20F6N2. The second kappa shape index (κ2) is 6.87. The fourth-order valence-electron chi connectivity index (χ4n) is 3.62. The predicted molar refractivity (Wildman–Crippen MR) is 94.3 cm³/mol. The molecule has 8 heteroatoms. The summed E-state index contributed by atoms with van der Waals surface area (Å²) in [5.41, 5.74) is -7.00. The van der Waals surface area contributed by atoms with Gasteiger partial charge in [0, 0.05) is 17.2 Å². The van der Waals surface area contributed by atoms with Crippen LogP contribution in [0.5, 0.6) is 0 Å². The van der Waals surface area contributed by atoms with Gasteiger partial charge < -0.3 is 4.98 Å². The maximum absolute atomic E-state index is 14.0. The van der Waals surface area contributed by atoms with E-state index in [-0.39, 0.29) is 12.1 Å². The summed E-state index contributed by atoms with van der Waals surface area (Å²) in [6.07, 6.45) is -3.48. The smallest absolute Gasteiger partial charge is 0.349 e. The molecule has 0 aliphatic carbocycles. The van der Waals surface area contributed by atoms with E-state index in [0.717, 1.165) is 0 Å². The maximum atomic E-state index is 14.0. The van der Waals surface area contributed by atoms with E-state index in [1.807, 2.05) is 4.98 Å². The van der Waals surface area contributed by atoms with Crippen molar-refractivity contribution < 1.29 is 26.3 Å². The van der Waals surface area contributed by atoms with Crippen LogP contribution in [0.4, 0.5) is 26.3 Å². The Morgan fingerprint density at radius 3 is 2.00 bits per heavy atom. The van der Waals surface area contributed by atoms with E-state index in [1.165, 1.54) is 38.2 Å². The van der Waals surface area contributed by atoms with Crippen LogP contribution in [0, 0.1) is 17.8 Å². The van der Waals surface area contributed by atoms with Gasteiger partial charge in [-0.15, -0.1) is 12.3 Å². The molecule has 0 fully saturated rings. The van der Waals surface area contributed by atoms with Gasteiger partial charge in [0.05, 0.1) is 17.0 Å². The molecule has 0 aliphatic heterocycles. The molecule has 0 radical (unpaired) electrons. The van der Waals surface area contributed by atoms with Crippen LogP contribution < -0.4 is 0 Å². The standard InChI is InChI=1S/C20H20F6N2/c1-6-17(2,3)11-18(4,5)14-13(19(21,22)23)15(12-9-7-8-10-27-12)28-16(14)20(24,25)26/h1,7-10,28H,11H2,2-5H3. The number of aromatic amines is 1. The highest BCUT2D eigenvalue weighted by Crippen LogP contribution is 2.51. The minimum Gasteiger partial charge on any atom is -0.349 e. The molecule has 28 heavy (non-hydrogen) atoms. The van der Waals surface area contributed by atoms with Gasteiger partial charge in [0.25, 0.3) is 0 Å². The molecule has 0 spiro atoms. The normalized spacial score (nSPS) is 13.5. The summed E-state index contributed by atoms with van der Waals surface area (Å²) in [7, 11) is 0. The van der Waals surface area contributed by atoms with Crippen molar-refractivity contribution in [2.75, 3.05) is 0 Å². The second-order valence-electron chi connectivity index (χ2n) is 7.92. The molecule has 0 unspecified atom stereocenters. The van der Waals surface area contributed by atoms with Crippen LogP contribution in [0.3, 0.4) is 0 Å². The van der Waals surface area contributed by atoms with E-state index in [9.17, 15) is 26.3 Å². The van der Waals surface area contributed by atoms with Gasteiger partial charge in [-0.1, -0.05) is 19.9 Å². The number of rotatable bonds is 4. The Bertz CT molecular complexity index is 880. The highest BCUT2D eigenvalue weighted by molar-refractivity contribution is 5.66. The highest BCUT2D eigenvalue weighted by atomic mass is 19.4. The molecule has 2 aromatic heterocycles. The number of hydrogen-bond acceptors (Lipinski definition) is 1. The third-order valence-electron chi connectivity index (χ3n) is 4.44. The molecule has 0 saturated carbocycles. The summed E-state index contributed by atoms with van der Waals surface area (Å²) in [5, 5.41) is 0. The monoisotopic (exact) mass is 402 g/mol. The Morgan fingerprint density at radius 2 is 1.57 bits per heavy atom. The van der Waals surface area contributed by atoms with Crippen LogP contribution in [0.25, 0.3) is 11.4 Å². The highest BCUT2D eigenvalue weighted by Gasteiger charge is 2.50. The van der Waals surface area contributed by atoms with Crippen molar-refractivity contribution in [3.63, 3.8) is 0 Å². The summed E-state index contributed by atoms with van der Waals surface area (Å²) in [6, 6.07) is 4.09. The predicted octanol–water partition coefficient (Wildman–Crippen LogP) is 6.44. The number of terminal acetylenes is 1. The summed E-state index contributed by atoms with van der Waals surface area (Å²) in [6.45, 7) is 5.87. The summed E-state index contributed by atoms with van der Waals surface area (Å²) in [4.78, 5) is 5.77. The Morgan fingerprint density at radius 1 is 0.964 bits per heavy atom. The molecule has 0 saturated heterocycles. The first-order valence-corrected chi connectivity index (χ1v) is 8.40. The Kier molecular flexibility index (Phi) is 5.37. The molecule has 0 bridgehead atoms. The van der Waals surface area contributed by atoms with Gasteiger partial charge in [-0.2, -0.15) is 26.3 Å². The molecule has 2 nitrogen and oxygen atoms in total. The van der Waals surface area contributed by atoms with Crippen molar-refractivity contribution in [3.05, 3.63) is 41.2 Å². The van der Waals surface area contributed by atoms with Crippen molar-refractivity contribution in [2.45, 2.75) is 51.9 Å². The lowest BCUT2D eigenvalue weighted by Gasteiger charge is -2.34. The van der Waals surface area contributed by atoms with Crippen molar-refractivity contribution >= 4 is 0 Å². The maximum Gasteiger partial charge on any atom is 0.431 e. The zero-order valence-electron chi connectivity index (χ0n) is 15.8. The van der Waals surface area contributed by atoms with Crippen LogP contribution in [0.1, 0.15) is 50.9 Å². The molecule has 0 aliphatic rings. The lowest BCUT2D eigenvalue weighted by Crippen LogP contribution is -2.30. The van der Waals surface area contributed by atoms with Gasteiger partial charge in [0.1, 0.15) is 5.69 Å². The molecule has 0 aromatic carbocycles. The Hall–Kier alpha value is -2.43. The number of pyridine rings is 1. The van der Waals surface area contributed by atoms with E-state index < -0.39 is 45.7 Å². The molecule has 2 heterocycles. The fraction of sp³-hybridized carbons (Fsp3) is 0.450. The first-order valence-electron chi connectivity index (χ1n) is 8.40. The van der Waals surface area contributed by atoms with Gasteiger partial charge in [-0.25, -0.2) is 0 Å². The summed E-state index contributed by atoms with van der Waals surface area (Å²) >= 11 is 0. The Labute approximate surface area is 159 Å². The fourth-order valence-corrected chi connectivity index (χ4v) is 3.62. The number of H-pyrrole nitrogens is 1. The Balaban J connectivity index is 2.90. The minimum atomic E-state index is -5.03. The largest absolute Gasteiger partial charge is 0.431 e.